The minimum atomic E-state index is -0.360. The highest BCUT2D eigenvalue weighted by atomic mass is 16.2. The summed E-state index contributed by atoms with van der Waals surface area (Å²) >= 11 is 0. The Morgan fingerprint density at radius 3 is 2.71 bits per heavy atom. The highest BCUT2D eigenvalue weighted by molar-refractivity contribution is 5.99. The lowest BCUT2D eigenvalue weighted by molar-refractivity contribution is -0.128. The van der Waals surface area contributed by atoms with E-state index in [0.717, 1.165) is 5.69 Å². The van der Waals surface area contributed by atoms with Crippen LogP contribution < -0.4 is 5.32 Å². The van der Waals surface area contributed by atoms with Crippen LogP contribution in [-0.2, 0) is 4.79 Å². The number of carbonyl (C=O) groups is 2. The Morgan fingerprint density at radius 2 is 2.10 bits per heavy atom. The third kappa shape index (κ3) is 3.28. The third-order valence-corrected chi connectivity index (χ3v) is 3.87. The van der Waals surface area contributed by atoms with Gasteiger partial charge in [-0.15, -0.1) is 0 Å². The van der Waals surface area contributed by atoms with E-state index in [1.165, 1.54) is 0 Å². The van der Waals surface area contributed by atoms with Crippen LogP contribution in [0.1, 0.15) is 56.1 Å². The fraction of sp³-hybridized carbons (Fsp3) is 0.625. The number of nitrogens with zero attached hydrogens (tertiary/aromatic N) is 1. The van der Waals surface area contributed by atoms with Gasteiger partial charge < -0.3 is 15.2 Å². The number of H-pyrrole nitrogens is 1. The quantitative estimate of drug-likeness (QED) is 0.892. The summed E-state index contributed by atoms with van der Waals surface area (Å²) in [6.45, 7) is 9.35. The van der Waals surface area contributed by atoms with Crippen molar-refractivity contribution in [1.29, 1.82) is 0 Å². The van der Waals surface area contributed by atoms with E-state index >= 15 is 0 Å². The molecule has 1 atom stereocenters. The normalized spacial score (nSPS) is 19.2. The molecule has 0 bridgehead atoms. The molecular weight excluding hydrogens is 266 g/mol. The van der Waals surface area contributed by atoms with E-state index in [1.54, 1.807) is 11.1 Å². The predicted octanol–water partition coefficient (Wildman–Crippen LogP) is 2.12. The molecule has 2 N–H and O–H groups in total. The molecule has 0 spiro atoms. The second-order valence-electron chi connectivity index (χ2n) is 6.39. The zero-order valence-electron chi connectivity index (χ0n) is 13.3. The number of hydrogen-bond donors (Lipinski definition) is 2. The van der Waals surface area contributed by atoms with Gasteiger partial charge in [-0.1, -0.05) is 27.7 Å². The molecule has 2 heterocycles. The Bertz CT molecular complexity index is 519. The van der Waals surface area contributed by atoms with Crippen molar-refractivity contribution >= 4 is 11.8 Å². The van der Waals surface area contributed by atoms with Crippen LogP contribution in [0.2, 0.25) is 0 Å². The second-order valence-corrected chi connectivity index (χ2v) is 6.39. The molecule has 1 aromatic rings. The molecule has 0 radical (unpaired) electrons. The third-order valence-electron chi connectivity index (χ3n) is 3.87. The monoisotopic (exact) mass is 291 g/mol. The van der Waals surface area contributed by atoms with Crippen molar-refractivity contribution < 1.29 is 9.59 Å². The van der Waals surface area contributed by atoms with Crippen LogP contribution >= 0.6 is 0 Å². The van der Waals surface area contributed by atoms with Gasteiger partial charge >= 0.3 is 0 Å². The van der Waals surface area contributed by atoms with E-state index in [4.69, 9.17) is 0 Å². The van der Waals surface area contributed by atoms with Gasteiger partial charge in [0.25, 0.3) is 5.91 Å². The van der Waals surface area contributed by atoms with Gasteiger partial charge in [-0.3, -0.25) is 9.59 Å². The molecule has 5 nitrogen and oxygen atoms in total. The Hall–Kier alpha value is -1.78. The summed E-state index contributed by atoms with van der Waals surface area (Å²) in [4.78, 5) is 29.8. The summed E-state index contributed by atoms with van der Waals surface area (Å²) in [6.07, 6.45) is 2.49. The van der Waals surface area contributed by atoms with E-state index in [2.05, 4.69) is 38.0 Å². The minimum Gasteiger partial charge on any atom is -0.364 e. The highest BCUT2D eigenvalue weighted by Gasteiger charge is 2.34. The van der Waals surface area contributed by atoms with Crippen LogP contribution in [0.4, 0.5) is 0 Å². The molecule has 0 aromatic carbocycles. The van der Waals surface area contributed by atoms with Crippen molar-refractivity contribution in [2.45, 2.75) is 46.1 Å². The van der Waals surface area contributed by atoms with Crippen LogP contribution in [0.15, 0.2) is 12.3 Å². The zero-order valence-corrected chi connectivity index (χ0v) is 13.3. The summed E-state index contributed by atoms with van der Waals surface area (Å²) in [5.74, 6) is 0.538. The smallest absolute Gasteiger partial charge is 0.256 e. The summed E-state index contributed by atoms with van der Waals surface area (Å²) in [7, 11) is 0. The zero-order chi connectivity index (χ0) is 15.6. The maximum atomic E-state index is 12.8. The van der Waals surface area contributed by atoms with Crippen LogP contribution in [0.3, 0.4) is 0 Å². The number of amides is 2. The van der Waals surface area contributed by atoms with Crippen molar-refractivity contribution in [3.63, 3.8) is 0 Å². The number of rotatable bonds is 4. The fourth-order valence-electron chi connectivity index (χ4n) is 2.84. The Balaban J connectivity index is 2.26. The van der Waals surface area contributed by atoms with Crippen LogP contribution in [-0.4, -0.2) is 40.8 Å². The standard InChI is InChI=1S/C16H25N3O2/c1-10(2)9-13-15(20)18-7-8-19(13)16(21)12-5-6-17-14(12)11(3)4/h5-6,10-11,13,17H,7-9H2,1-4H3,(H,18,20). The lowest BCUT2D eigenvalue weighted by Crippen LogP contribution is -2.57. The number of aromatic nitrogens is 1. The van der Waals surface area contributed by atoms with Gasteiger partial charge in [-0.25, -0.2) is 0 Å². The first-order valence-corrected chi connectivity index (χ1v) is 7.67. The largest absolute Gasteiger partial charge is 0.364 e. The van der Waals surface area contributed by atoms with Crippen LogP contribution in [0, 0.1) is 5.92 Å². The molecule has 1 fully saturated rings. The van der Waals surface area contributed by atoms with Gasteiger partial charge in [-0.2, -0.15) is 0 Å². The number of aromatic amines is 1. The molecule has 0 aliphatic carbocycles. The average molecular weight is 291 g/mol. The SMILES string of the molecule is CC(C)CC1C(=O)NCCN1C(=O)c1cc[nH]c1C(C)C. The molecule has 1 aromatic heterocycles. The second kappa shape index (κ2) is 6.33. The molecule has 116 valence electrons. The Kier molecular flexibility index (Phi) is 4.70. The van der Waals surface area contributed by atoms with Crippen LogP contribution in [0.5, 0.6) is 0 Å². The van der Waals surface area contributed by atoms with E-state index in [9.17, 15) is 9.59 Å². The van der Waals surface area contributed by atoms with Gasteiger partial charge in [-0.05, 0) is 24.3 Å². The van der Waals surface area contributed by atoms with Gasteiger partial charge in [0.1, 0.15) is 6.04 Å². The Morgan fingerprint density at radius 1 is 1.38 bits per heavy atom. The van der Waals surface area contributed by atoms with Crippen molar-refractivity contribution in [3.8, 4) is 0 Å². The first-order chi connectivity index (χ1) is 9.91. The molecule has 2 rings (SSSR count). The predicted molar refractivity (Wildman–Crippen MR) is 82.2 cm³/mol. The molecule has 21 heavy (non-hydrogen) atoms. The fourth-order valence-corrected chi connectivity index (χ4v) is 2.84. The summed E-state index contributed by atoms with van der Waals surface area (Å²) in [5.41, 5.74) is 1.63. The molecule has 1 aliphatic heterocycles. The van der Waals surface area contributed by atoms with Gasteiger partial charge in [0, 0.05) is 25.0 Å². The molecule has 2 amide bonds. The average Bonchev–Trinajstić information content (AvgIpc) is 2.89. The number of hydrogen-bond acceptors (Lipinski definition) is 2. The molecule has 1 saturated heterocycles. The van der Waals surface area contributed by atoms with Gasteiger partial charge in [0.2, 0.25) is 5.91 Å². The Labute approximate surface area is 126 Å². The van der Waals surface area contributed by atoms with Crippen molar-refractivity contribution in [2.75, 3.05) is 13.1 Å². The van der Waals surface area contributed by atoms with Gasteiger partial charge in [0.15, 0.2) is 0 Å². The van der Waals surface area contributed by atoms with Crippen LogP contribution in [0.25, 0.3) is 0 Å². The molecule has 0 saturated carbocycles. The van der Waals surface area contributed by atoms with E-state index < -0.39 is 0 Å². The maximum Gasteiger partial charge on any atom is 0.256 e. The first kappa shape index (κ1) is 15.6. The summed E-state index contributed by atoms with van der Waals surface area (Å²) in [6, 6.07) is 1.46. The maximum absolute atomic E-state index is 12.8. The first-order valence-electron chi connectivity index (χ1n) is 7.67. The van der Waals surface area contributed by atoms with E-state index in [1.807, 2.05) is 6.07 Å². The summed E-state index contributed by atoms with van der Waals surface area (Å²) < 4.78 is 0. The lowest BCUT2D eigenvalue weighted by Gasteiger charge is -2.36. The number of carbonyl (C=O) groups excluding carboxylic acids is 2. The lowest BCUT2D eigenvalue weighted by atomic mass is 9.98. The molecule has 1 aliphatic rings. The van der Waals surface area contributed by atoms with Gasteiger partial charge in [0.05, 0.1) is 5.56 Å². The minimum absolute atomic E-state index is 0.0371. The van der Waals surface area contributed by atoms with Crippen molar-refractivity contribution in [1.82, 2.24) is 15.2 Å². The number of nitrogens with one attached hydrogen (secondary N) is 2. The number of piperazine rings is 1. The van der Waals surface area contributed by atoms with Crippen molar-refractivity contribution in [3.05, 3.63) is 23.5 Å². The topological polar surface area (TPSA) is 65.2 Å². The van der Waals surface area contributed by atoms with E-state index in [0.29, 0.717) is 31.0 Å². The molecule has 5 heteroatoms. The summed E-state index contributed by atoms with van der Waals surface area (Å²) in [5, 5.41) is 2.86. The van der Waals surface area contributed by atoms with E-state index in [-0.39, 0.29) is 23.8 Å². The molecule has 1 unspecified atom stereocenters. The van der Waals surface area contributed by atoms with Crippen molar-refractivity contribution in [2.24, 2.45) is 5.92 Å². The highest BCUT2D eigenvalue weighted by Crippen LogP contribution is 2.22. The molecular formula is C16H25N3O2.